The summed E-state index contributed by atoms with van der Waals surface area (Å²) in [7, 11) is 3.13. The van der Waals surface area contributed by atoms with Gasteiger partial charge in [0, 0.05) is 22.6 Å². The van der Waals surface area contributed by atoms with Crippen molar-refractivity contribution in [3.8, 4) is 11.5 Å². The maximum absolute atomic E-state index is 11.2. The van der Waals surface area contributed by atoms with Gasteiger partial charge in [-0.25, -0.2) is 0 Å². The van der Waals surface area contributed by atoms with Crippen LogP contribution in [0.4, 0.5) is 5.69 Å². The smallest absolute Gasteiger partial charge is 0.270 e. The van der Waals surface area contributed by atoms with E-state index in [0.29, 0.717) is 32.9 Å². The number of hydrogen-bond donors (Lipinski definition) is 1. The molecule has 2 aromatic rings. The Kier molecular flexibility index (Phi) is 6.73. The van der Waals surface area contributed by atoms with Crippen LogP contribution in [0.3, 0.4) is 0 Å². The number of non-ortho nitro benzene ring substituents is 1. The fourth-order valence-electron chi connectivity index (χ4n) is 2.35. The zero-order valence-corrected chi connectivity index (χ0v) is 17.1. The van der Waals surface area contributed by atoms with Gasteiger partial charge in [0.05, 0.1) is 36.0 Å². The number of thioether (sulfide) groups is 1. The number of nitro groups is 1. The molecular formula is C18H16N4O5S2. The van der Waals surface area contributed by atoms with E-state index in [1.807, 2.05) is 6.07 Å². The minimum atomic E-state index is -0.475. The molecule has 11 heteroatoms. The number of nitro benzene ring substituents is 1. The van der Waals surface area contributed by atoms with Gasteiger partial charge in [0.1, 0.15) is 11.5 Å². The minimum Gasteiger partial charge on any atom is -0.497 e. The second-order valence-corrected chi connectivity index (χ2v) is 7.63. The second-order valence-electron chi connectivity index (χ2n) is 5.58. The number of benzene rings is 2. The summed E-state index contributed by atoms with van der Waals surface area (Å²) in [6.07, 6.45) is 1.42. The van der Waals surface area contributed by atoms with Crippen molar-refractivity contribution in [3.63, 3.8) is 0 Å². The van der Waals surface area contributed by atoms with Gasteiger partial charge in [0.2, 0.25) is 5.91 Å². The third-order valence-electron chi connectivity index (χ3n) is 3.73. The normalized spacial score (nSPS) is 15.0. The molecule has 1 amide bonds. The highest BCUT2D eigenvalue weighted by molar-refractivity contribution is 8.15. The van der Waals surface area contributed by atoms with Gasteiger partial charge in [0.15, 0.2) is 5.17 Å². The SMILES string of the molecule is COc1ccc(OC)c(Sc2ccc([N+](=O)[O-])cc2C=NN=C2NC(=O)CS2)c1. The van der Waals surface area contributed by atoms with Crippen molar-refractivity contribution in [3.05, 3.63) is 52.1 Å². The predicted octanol–water partition coefficient (Wildman–Crippen LogP) is 3.32. The highest BCUT2D eigenvalue weighted by Gasteiger charge is 2.16. The molecule has 9 nitrogen and oxygen atoms in total. The van der Waals surface area contributed by atoms with E-state index in [0.717, 1.165) is 4.90 Å². The van der Waals surface area contributed by atoms with Crippen molar-refractivity contribution >= 4 is 46.5 Å². The van der Waals surface area contributed by atoms with E-state index < -0.39 is 4.92 Å². The topological polar surface area (TPSA) is 115 Å². The lowest BCUT2D eigenvalue weighted by molar-refractivity contribution is -0.384. The molecule has 0 aliphatic carbocycles. The van der Waals surface area contributed by atoms with Crippen LogP contribution in [0.5, 0.6) is 11.5 Å². The molecule has 1 fully saturated rings. The third kappa shape index (κ3) is 5.27. The summed E-state index contributed by atoms with van der Waals surface area (Å²) in [4.78, 5) is 23.4. The second kappa shape index (κ2) is 9.43. The monoisotopic (exact) mass is 432 g/mol. The molecule has 0 bridgehead atoms. The Morgan fingerprint density at radius 1 is 1.21 bits per heavy atom. The predicted molar refractivity (Wildman–Crippen MR) is 112 cm³/mol. The summed E-state index contributed by atoms with van der Waals surface area (Å²) in [6.45, 7) is 0. The van der Waals surface area contributed by atoms with Gasteiger partial charge in [-0.1, -0.05) is 23.5 Å². The van der Waals surface area contributed by atoms with Gasteiger partial charge in [-0.15, -0.1) is 5.10 Å². The van der Waals surface area contributed by atoms with E-state index in [-0.39, 0.29) is 11.6 Å². The van der Waals surface area contributed by atoms with Crippen molar-refractivity contribution in [2.24, 2.45) is 10.2 Å². The third-order valence-corrected chi connectivity index (χ3v) is 5.72. The Labute approximate surface area is 174 Å². The summed E-state index contributed by atoms with van der Waals surface area (Å²) in [5.74, 6) is 1.45. The maximum atomic E-state index is 11.2. The van der Waals surface area contributed by atoms with Gasteiger partial charge in [0.25, 0.3) is 5.69 Å². The number of methoxy groups -OCH3 is 2. The molecule has 0 radical (unpaired) electrons. The first-order valence-electron chi connectivity index (χ1n) is 8.22. The van der Waals surface area contributed by atoms with Crippen molar-refractivity contribution in [2.75, 3.05) is 20.0 Å². The van der Waals surface area contributed by atoms with Crippen molar-refractivity contribution < 1.29 is 19.2 Å². The number of hydrogen-bond acceptors (Lipinski definition) is 9. The lowest BCUT2D eigenvalue weighted by atomic mass is 10.2. The van der Waals surface area contributed by atoms with Crippen LogP contribution in [-0.2, 0) is 4.79 Å². The van der Waals surface area contributed by atoms with Crippen molar-refractivity contribution in [1.82, 2.24) is 5.32 Å². The first-order chi connectivity index (χ1) is 14.0. The number of carbonyl (C=O) groups is 1. The molecule has 1 heterocycles. The number of amides is 1. The number of nitrogens with zero attached hydrogens (tertiary/aromatic N) is 3. The molecular weight excluding hydrogens is 416 g/mol. The Bertz CT molecular complexity index is 1010. The molecule has 0 spiro atoms. The number of carbonyl (C=O) groups excluding carboxylic acids is 1. The van der Waals surface area contributed by atoms with E-state index >= 15 is 0 Å². The highest BCUT2D eigenvalue weighted by atomic mass is 32.2. The van der Waals surface area contributed by atoms with Crippen LogP contribution in [0.1, 0.15) is 5.56 Å². The molecule has 1 saturated heterocycles. The van der Waals surface area contributed by atoms with Gasteiger partial charge in [-0.05, 0) is 24.3 Å². The molecule has 1 aliphatic heterocycles. The van der Waals surface area contributed by atoms with Gasteiger partial charge in [-0.3, -0.25) is 14.9 Å². The largest absolute Gasteiger partial charge is 0.497 e. The molecule has 0 saturated carbocycles. The molecule has 2 aromatic carbocycles. The molecule has 0 unspecified atom stereocenters. The molecule has 0 atom stereocenters. The number of ether oxygens (including phenoxy) is 2. The Morgan fingerprint density at radius 2 is 2.03 bits per heavy atom. The molecule has 29 heavy (non-hydrogen) atoms. The van der Waals surface area contributed by atoms with E-state index in [2.05, 4.69) is 15.5 Å². The molecule has 150 valence electrons. The van der Waals surface area contributed by atoms with Crippen molar-refractivity contribution in [1.29, 1.82) is 0 Å². The van der Waals surface area contributed by atoms with Crippen LogP contribution in [0, 0.1) is 10.1 Å². The lowest BCUT2D eigenvalue weighted by Crippen LogP contribution is -2.19. The number of rotatable bonds is 7. The fourth-order valence-corrected chi connectivity index (χ4v) is 4.01. The van der Waals surface area contributed by atoms with Crippen LogP contribution < -0.4 is 14.8 Å². The molecule has 1 N–H and O–H groups in total. The Hall–Kier alpha value is -3.05. The van der Waals surface area contributed by atoms with Gasteiger partial charge in [-0.2, -0.15) is 5.10 Å². The number of nitrogens with one attached hydrogen (secondary N) is 1. The summed E-state index contributed by atoms with van der Waals surface area (Å²) < 4.78 is 10.7. The van der Waals surface area contributed by atoms with Crippen LogP contribution >= 0.6 is 23.5 Å². The van der Waals surface area contributed by atoms with E-state index in [1.165, 1.54) is 41.9 Å². The first kappa shape index (κ1) is 20.7. The van der Waals surface area contributed by atoms with E-state index in [1.54, 1.807) is 32.4 Å². The first-order valence-corrected chi connectivity index (χ1v) is 10.0. The molecule has 1 aliphatic rings. The molecule has 3 rings (SSSR count). The van der Waals surface area contributed by atoms with E-state index in [9.17, 15) is 14.9 Å². The quantitative estimate of drug-likeness (QED) is 0.405. The van der Waals surface area contributed by atoms with Crippen LogP contribution in [0.2, 0.25) is 0 Å². The zero-order valence-electron chi connectivity index (χ0n) is 15.4. The van der Waals surface area contributed by atoms with Crippen LogP contribution in [0.15, 0.2) is 56.4 Å². The minimum absolute atomic E-state index is 0.0652. The standard InChI is InChI=1S/C18H16N4O5S2/c1-26-13-4-5-14(27-2)16(8-13)29-15-6-3-12(22(24)25)7-11(15)9-19-21-18-20-17(23)10-28-18/h3-9H,10H2,1-2H3,(H,20,21,23). The van der Waals surface area contributed by atoms with E-state index in [4.69, 9.17) is 9.47 Å². The van der Waals surface area contributed by atoms with Gasteiger partial charge >= 0.3 is 0 Å². The Morgan fingerprint density at radius 3 is 2.69 bits per heavy atom. The zero-order chi connectivity index (χ0) is 20.8. The summed E-state index contributed by atoms with van der Waals surface area (Å²) in [6, 6.07) is 9.86. The number of amidine groups is 1. The average Bonchev–Trinajstić information content (AvgIpc) is 3.13. The summed E-state index contributed by atoms with van der Waals surface area (Å²) in [5.41, 5.74) is 0.442. The molecule has 0 aromatic heterocycles. The highest BCUT2D eigenvalue weighted by Crippen LogP contribution is 2.39. The van der Waals surface area contributed by atoms with Crippen molar-refractivity contribution in [2.45, 2.75) is 9.79 Å². The lowest BCUT2D eigenvalue weighted by Gasteiger charge is -2.11. The van der Waals surface area contributed by atoms with Crippen LogP contribution in [0.25, 0.3) is 0 Å². The summed E-state index contributed by atoms with van der Waals surface area (Å²) >= 11 is 2.60. The Balaban J connectivity index is 1.94. The van der Waals surface area contributed by atoms with Crippen LogP contribution in [-0.4, -0.2) is 42.2 Å². The van der Waals surface area contributed by atoms with Gasteiger partial charge < -0.3 is 14.8 Å². The summed E-state index contributed by atoms with van der Waals surface area (Å²) in [5, 5.41) is 22.0. The maximum Gasteiger partial charge on any atom is 0.270 e. The average molecular weight is 432 g/mol. The fraction of sp³-hybridized carbons (Fsp3) is 0.167.